The summed E-state index contributed by atoms with van der Waals surface area (Å²) in [5, 5.41) is 5.26. The Kier molecular flexibility index (Phi) is 5.60. The number of aromatic nitrogens is 3. The molecule has 1 saturated heterocycles. The molecule has 3 aromatic heterocycles. The second-order valence-electron chi connectivity index (χ2n) is 8.79. The van der Waals surface area contributed by atoms with Crippen LogP contribution in [0.1, 0.15) is 59.8 Å². The Morgan fingerprint density at radius 2 is 1.97 bits per heavy atom. The number of hydrogen-bond acceptors (Lipinski definition) is 5. The van der Waals surface area contributed by atoms with Gasteiger partial charge in [0.15, 0.2) is 5.65 Å². The molecule has 1 aliphatic heterocycles. The molecule has 2 atom stereocenters. The van der Waals surface area contributed by atoms with E-state index in [4.69, 9.17) is 10.7 Å². The molecule has 0 aromatic carbocycles. The lowest BCUT2D eigenvalue weighted by Crippen LogP contribution is -2.48. The Balaban J connectivity index is 1.87. The van der Waals surface area contributed by atoms with Crippen LogP contribution in [0.4, 0.5) is 0 Å². The maximum absolute atomic E-state index is 13.8. The average molecular weight is 440 g/mol. The van der Waals surface area contributed by atoms with Gasteiger partial charge in [-0.3, -0.25) is 9.59 Å². The summed E-state index contributed by atoms with van der Waals surface area (Å²) in [5.74, 6) is -0.751. The van der Waals surface area contributed by atoms with Crippen LogP contribution in [-0.4, -0.2) is 44.1 Å². The number of nitrogens with two attached hydrogens (primary N) is 1. The van der Waals surface area contributed by atoms with Crippen LogP contribution in [0.3, 0.4) is 0 Å². The summed E-state index contributed by atoms with van der Waals surface area (Å²) in [4.78, 5) is 34.6. The molecule has 2 amide bonds. The fourth-order valence-electron chi connectivity index (χ4n) is 4.37. The molecule has 3 aromatic rings. The fourth-order valence-corrected chi connectivity index (χ4v) is 5.31. The molecule has 1 fully saturated rings. The van der Waals surface area contributed by atoms with Crippen LogP contribution in [-0.2, 0) is 4.79 Å². The summed E-state index contributed by atoms with van der Waals surface area (Å²) in [6.45, 7) is 10.6. The number of aryl methyl sites for hydroxylation is 2. The van der Waals surface area contributed by atoms with Gasteiger partial charge in [0.2, 0.25) is 5.91 Å². The summed E-state index contributed by atoms with van der Waals surface area (Å²) in [6.07, 6.45) is 3.20. The lowest BCUT2D eigenvalue weighted by molar-refractivity contribution is -0.123. The van der Waals surface area contributed by atoms with Crippen LogP contribution < -0.4 is 5.73 Å². The number of likely N-dealkylation sites (tertiary alicyclic amines) is 1. The quantitative estimate of drug-likeness (QED) is 0.663. The molecule has 8 heteroatoms. The Morgan fingerprint density at radius 1 is 1.23 bits per heavy atom. The zero-order valence-electron chi connectivity index (χ0n) is 18.7. The highest BCUT2D eigenvalue weighted by molar-refractivity contribution is 7.12. The van der Waals surface area contributed by atoms with Gasteiger partial charge in [-0.1, -0.05) is 0 Å². The molecule has 7 nitrogen and oxygen atoms in total. The highest BCUT2D eigenvalue weighted by Crippen LogP contribution is 2.34. The van der Waals surface area contributed by atoms with E-state index < -0.39 is 0 Å². The van der Waals surface area contributed by atoms with Crippen LogP contribution in [0, 0.1) is 19.8 Å². The Hall–Kier alpha value is -2.74. The number of thiophene rings is 1. The Morgan fingerprint density at radius 3 is 2.58 bits per heavy atom. The molecule has 0 bridgehead atoms. The van der Waals surface area contributed by atoms with Crippen LogP contribution in [0.5, 0.6) is 0 Å². The van der Waals surface area contributed by atoms with Crippen molar-refractivity contribution in [1.29, 1.82) is 0 Å². The third kappa shape index (κ3) is 3.84. The monoisotopic (exact) mass is 439 g/mol. The van der Waals surface area contributed by atoms with Gasteiger partial charge in [-0.05, 0) is 59.6 Å². The van der Waals surface area contributed by atoms with E-state index in [0.717, 1.165) is 29.5 Å². The van der Waals surface area contributed by atoms with E-state index in [-0.39, 0.29) is 29.8 Å². The maximum atomic E-state index is 13.8. The molecule has 0 spiro atoms. The predicted molar refractivity (Wildman–Crippen MR) is 123 cm³/mol. The van der Waals surface area contributed by atoms with E-state index in [2.05, 4.69) is 25.0 Å². The number of piperidine rings is 1. The van der Waals surface area contributed by atoms with Crippen molar-refractivity contribution in [2.24, 2.45) is 11.7 Å². The first-order valence-electron chi connectivity index (χ1n) is 10.7. The summed E-state index contributed by atoms with van der Waals surface area (Å²) in [5.41, 5.74) is 8.65. The number of primary amides is 1. The van der Waals surface area contributed by atoms with Crippen LogP contribution in [0.25, 0.3) is 22.3 Å². The van der Waals surface area contributed by atoms with Crippen LogP contribution in [0.2, 0.25) is 0 Å². The van der Waals surface area contributed by atoms with E-state index in [0.29, 0.717) is 17.8 Å². The minimum absolute atomic E-state index is 0.0417. The van der Waals surface area contributed by atoms with E-state index in [1.165, 1.54) is 9.75 Å². The second-order valence-corrected chi connectivity index (χ2v) is 10.2. The highest BCUT2D eigenvalue weighted by atomic mass is 32.1. The number of nitrogens with zero attached hydrogens (tertiary/aromatic N) is 4. The van der Waals surface area contributed by atoms with Crippen molar-refractivity contribution in [1.82, 2.24) is 19.7 Å². The molecule has 31 heavy (non-hydrogen) atoms. The molecule has 1 aliphatic rings. The van der Waals surface area contributed by atoms with Crippen LogP contribution in [0.15, 0.2) is 18.3 Å². The van der Waals surface area contributed by atoms with Gasteiger partial charge in [0.05, 0.1) is 28.8 Å². The van der Waals surface area contributed by atoms with Gasteiger partial charge >= 0.3 is 0 Å². The Labute approximate surface area is 186 Å². The number of hydrogen-bond donors (Lipinski definition) is 1. The minimum Gasteiger partial charge on any atom is -0.369 e. The van der Waals surface area contributed by atoms with Gasteiger partial charge in [-0.25, -0.2) is 9.67 Å². The summed E-state index contributed by atoms with van der Waals surface area (Å²) in [6, 6.07) is 4.15. The molecule has 4 rings (SSSR count). The molecular weight excluding hydrogens is 410 g/mol. The normalized spacial score (nSPS) is 19.4. The fraction of sp³-hybridized carbons (Fsp3) is 0.478. The maximum Gasteiger partial charge on any atom is 0.255 e. The van der Waals surface area contributed by atoms with Crippen molar-refractivity contribution >= 4 is 34.2 Å². The van der Waals surface area contributed by atoms with Crippen molar-refractivity contribution in [2.75, 3.05) is 6.54 Å². The topological polar surface area (TPSA) is 94.1 Å². The van der Waals surface area contributed by atoms with Gasteiger partial charge in [0, 0.05) is 33.9 Å². The molecule has 0 unspecified atom stereocenters. The van der Waals surface area contributed by atoms with Crippen molar-refractivity contribution in [2.45, 2.75) is 59.5 Å². The van der Waals surface area contributed by atoms with Gasteiger partial charge in [-0.15, -0.1) is 11.3 Å². The number of amides is 2. The summed E-state index contributed by atoms with van der Waals surface area (Å²) >= 11 is 1.72. The van der Waals surface area contributed by atoms with Crippen molar-refractivity contribution in [3.05, 3.63) is 33.6 Å². The molecule has 4 heterocycles. The van der Waals surface area contributed by atoms with Gasteiger partial charge in [-0.2, -0.15) is 5.10 Å². The van der Waals surface area contributed by atoms with E-state index >= 15 is 0 Å². The first-order valence-corrected chi connectivity index (χ1v) is 11.5. The third-order valence-electron chi connectivity index (χ3n) is 6.15. The van der Waals surface area contributed by atoms with Gasteiger partial charge in [0.25, 0.3) is 5.91 Å². The highest BCUT2D eigenvalue weighted by Gasteiger charge is 2.33. The summed E-state index contributed by atoms with van der Waals surface area (Å²) < 4.78 is 1.86. The number of carbonyl (C=O) groups is 2. The molecule has 2 N–H and O–H groups in total. The molecule has 0 aliphatic carbocycles. The smallest absolute Gasteiger partial charge is 0.255 e. The molecular formula is C23H29N5O2S. The number of rotatable bonds is 4. The summed E-state index contributed by atoms with van der Waals surface area (Å²) in [7, 11) is 0. The van der Waals surface area contributed by atoms with E-state index in [1.54, 1.807) is 22.4 Å². The van der Waals surface area contributed by atoms with E-state index in [9.17, 15) is 9.59 Å². The third-order valence-corrected chi connectivity index (χ3v) is 7.11. The Bertz CT molecular complexity index is 1160. The SMILES string of the molecule is Cc1cc(-c2cc(C(=O)N3C[C@@H](C(N)=O)CC[C@H]3C)c3cnn(C(C)C)c3n2)c(C)s1. The van der Waals surface area contributed by atoms with Crippen LogP contribution >= 0.6 is 11.3 Å². The molecule has 0 radical (unpaired) electrons. The van der Waals surface area contributed by atoms with Crippen molar-refractivity contribution in [3.8, 4) is 11.3 Å². The number of carbonyl (C=O) groups excluding carboxylic acids is 2. The zero-order chi connectivity index (χ0) is 22.4. The van der Waals surface area contributed by atoms with Gasteiger partial charge in [0.1, 0.15) is 0 Å². The lowest BCUT2D eigenvalue weighted by Gasteiger charge is -2.37. The second kappa shape index (κ2) is 8.07. The number of fused-ring (bicyclic) bond motifs is 1. The zero-order valence-corrected chi connectivity index (χ0v) is 19.5. The lowest BCUT2D eigenvalue weighted by atomic mass is 9.92. The predicted octanol–water partition coefficient (Wildman–Crippen LogP) is 4.08. The molecule has 164 valence electrons. The average Bonchev–Trinajstić information content (AvgIpc) is 3.29. The van der Waals surface area contributed by atoms with Gasteiger partial charge < -0.3 is 10.6 Å². The largest absolute Gasteiger partial charge is 0.369 e. The van der Waals surface area contributed by atoms with E-state index in [1.807, 2.05) is 31.5 Å². The van der Waals surface area contributed by atoms with Crippen molar-refractivity contribution < 1.29 is 9.59 Å². The standard InChI is InChI=1S/C23H29N5O2S/c1-12(2)28-22-19(10-25-28)18(9-20(26-22)17-8-14(4)31-15(17)5)23(30)27-11-16(21(24)29)7-6-13(27)3/h8-10,12-13,16H,6-7,11H2,1-5H3,(H2,24,29)/t13-,16+/m1/s1. The minimum atomic E-state index is -0.345. The first-order chi connectivity index (χ1) is 14.7. The number of pyridine rings is 1. The first kappa shape index (κ1) is 21.5. The van der Waals surface area contributed by atoms with Crippen molar-refractivity contribution in [3.63, 3.8) is 0 Å². The molecule has 0 saturated carbocycles.